The lowest BCUT2D eigenvalue weighted by Crippen LogP contribution is -2.28. The summed E-state index contributed by atoms with van der Waals surface area (Å²) < 4.78 is 12.5. The molecule has 5 nitrogen and oxygen atoms in total. The molecule has 0 saturated carbocycles. The van der Waals surface area contributed by atoms with Gasteiger partial charge in [-0.25, -0.2) is 4.99 Å². The molecule has 0 unspecified atom stereocenters. The molecule has 1 aromatic heterocycles. The van der Waals surface area contributed by atoms with E-state index >= 15 is 0 Å². The maximum absolute atomic E-state index is 13.5. The van der Waals surface area contributed by atoms with Crippen molar-refractivity contribution in [3.05, 3.63) is 121 Å². The van der Waals surface area contributed by atoms with E-state index in [9.17, 15) is 4.79 Å². The van der Waals surface area contributed by atoms with Gasteiger partial charge in [0, 0.05) is 10.0 Å². The molecule has 1 fully saturated rings. The summed E-state index contributed by atoms with van der Waals surface area (Å²) in [5, 5.41) is 1.53. The van der Waals surface area contributed by atoms with Crippen LogP contribution in [0.15, 0.2) is 104 Å². The maximum Gasteiger partial charge on any atom is 0.267 e. The number of amidine groups is 1. The van der Waals surface area contributed by atoms with Crippen molar-refractivity contribution in [3.8, 4) is 5.75 Å². The number of nitrogens with zero attached hydrogens (tertiary/aromatic N) is 2. The minimum Gasteiger partial charge on any atom is -0.488 e. The van der Waals surface area contributed by atoms with Crippen LogP contribution in [-0.2, 0) is 17.9 Å². The van der Waals surface area contributed by atoms with E-state index in [0.717, 1.165) is 21.3 Å². The van der Waals surface area contributed by atoms with Crippen LogP contribution < -0.4 is 4.74 Å². The molecule has 0 bridgehead atoms. The first-order valence-corrected chi connectivity index (χ1v) is 13.6. The molecule has 9 heteroatoms. The first kappa shape index (κ1) is 25.7. The fraction of sp³-hybridized carbons (Fsp3) is 0.0714. The average molecular weight is 614 g/mol. The van der Waals surface area contributed by atoms with Gasteiger partial charge in [-0.15, -0.1) is 0 Å². The zero-order chi connectivity index (χ0) is 25.8. The van der Waals surface area contributed by atoms with Gasteiger partial charge in [-0.05, 0) is 78.0 Å². The smallest absolute Gasteiger partial charge is 0.267 e. The zero-order valence-electron chi connectivity index (χ0n) is 19.2. The van der Waals surface area contributed by atoms with E-state index < -0.39 is 0 Å². The van der Waals surface area contributed by atoms with Gasteiger partial charge < -0.3 is 9.15 Å². The molecule has 0 N–H and O–H groups in total. The largest absolute Gasteiger partial charge is 0.488 e. The van der Waals surface area contributed by atoms with Crippen LogP contribution in [0.2, 0.25) is 10.0 Å². The number of carbonyl (C=O) groups is 1. The van der Waals surface area contributed by atoms with Gasteiger partial charge in [0.1, 0.15) is 18.1 Å². The standard InChI is InChI=1S/C28H19BrCl2N2O3S/c29-20-9-11-25(36-17-18-8-10-23(30)24(31)13-18)19(14-20)15-26-27(34)33(16-22-7-4-12-35-22)28(37-26)32-21-5-2-1-3-6-21/h1-15H,16-17H2/b26-15-,32-28?. The fourth-order valence-corrected chi connectivity index (χ4v) is 5.29. The average Bonchev–Trinajstić information content (AvgIpc) is 3.51. The Morgan fingerprint density at radius 2 is 1.84 bits per heavy atom. The van der Waals surface area contributed by atoms with E-state index in [0.29, 0.717) is 38.2 Å². The fourth-order valence-electron chi connectivity index (χ4n) is 3.60. The molecule has 0 atom stereocenters. The molecule has 37 heavy (non-hydrogen) atoms. The highest BCUT2D eigenvalue weighted by molar-refractivity contribution is 9.10. The normalized spacial score (nSPS) is 15.6. The van der Waals surface area contributed by atoms with Crippen LogP contribution in [0.4, 0.5) is 5.69 Å². The number of thioether (sulfide) groups is 1. The molecule has 0 aliphatic carbocycles. The molecule has 0 spiro atoms. The van der Waals surface area contributed by atoms with Crippen LogP contribution in [-0.4, -0.2) is 16.0 Å². The number of amides is 1. The van der Waals surface area contributed by atoms with Gasteiger partial charge >= 0.3 is 0 Å². The highest BCUT2D eigenvalue weighted by atomic mass is 79.9. The third-order valence-corrected chi connectivity index (χ3v) is 7.64. The number of hydrogen-bond acceptors (Lipinski definition) is 5. The lowest BCUT2D eigenvalue weighted by Gasteiger charge is -2.14. The Kier molecular flexibility index (Phi) is 8.05. The summed E-state index contributed by atoms with van der Waals surface area (Å²) in [6.45, 7) is 0.572. The van der Waals surface area contributed by atoms with Gasteiger partial charge in [0.15, 0.2) is 5.17 Å². The summed E-state index contributed by atoms with van der Waals surface area (Å²) in [5.74, 6) is 1.14. The van der Waals surface area contributed by atoms with E-state index in [2.05, 4.69) is 15.9 Å². The van der Waals surface area contributed by atoms with Crippen LogP contribution in [0.1, 0.15) is 16.9 Å². The van der Waals surface area contributed by atoms with Crippen molar-refractivity contribution in [3.63, 3.8) is 0 Å². The van der Waals surface area contributed by atoms with Crippen molar-refractivity contribution in [2.75, 3.05) is 0 Å². The van der Waals surface area contributed by atoms with Crippen molar-refractivity contribution in [2.45, 2.75) is 13.2 Å². The second-order valence-electron chi connectivity index (χ2n) is 8.03. The lowest BCUT2D eigenvalue weighted by atomic mass is 10.1. The number of para-hydroxylation sites is 1. The Balaban J connectivity index is 1.45. The topological polar surface area (TPSA) is 55.0 Å². The zero-order valence-corrected chi connectivity index (χ0v) is 23.2. The molecule has 186 valence electrons. The van der Waals surface area contributed by atoms with Crippen molar-refractivity contribution >= 4 is 73.7 Å². The summed E-state index contributed by atoms with van der Waals surface area (Å²) >= 11 is 17.0. The molecule has 0 radical (unpaired) electrons. The van der Waals surface area contributed by atoms with Gasteiger partial charge in [0.05, 0.1) is 33.4 Å². The monoisotopic (exact) mass is 612 g/mol. The molecular weight excluding hydrogens is 595 g/mol. The number of hydrogen-bond donors (Lipinski definition) is 0. The number of aliphatic imine (C=N–C) groups is 1. The van der Waals surface area contributed by atoms with E-state index in [1.54, 1.807) is 29.4 Å². The van der Waals surface area contributed by atoms with Gasteiger partial charge in [-0.1, -0.05) is 63.4 Å². The van der Waals surface area contributed by atoms with E-state index in [-0.39, 0.29) is 12.5 Å². The van der Waals surface area contributed by atoms with E-state index in [4.69, 9.17) is 37.3 Å². The van der Waals surface area contributed by atoms with Crippen LogP contribution in [0.3, 0.4) is 0 Å². The van der Waals surface area contributed by atoms with E-state index in [1.807, 2.05) is 66.7 Å². The number of carbonyl (C=O) groups excluding carboxylic acids is 1. The predicted molar refractivity (Wildman–Crippen MR) is 153 cm³/mol. The van der Waals surface area contributed by atoms with Gasteiger partial charge in [-0.3, -0.25) is 9.69 Å². The van der Waals surface area contributed by atoms with Crippen LogP contribution in [0.5, 0.6) is 5.75 Å². The first-order valence-electron chi connectivity index (χ1n) is 11.2. The highest BCUT2D eigenvalue weighted by Gasteiger charge is 2.34. The number of rotatable bonds is 7. The van der Waals surface area contributed by atoms with Crippen molar-refractivity contribution in [1.29, 1.82) is 0 Å². The second-order valence-corrected chi connectivity index (χ2v) is 10.8. The summed E-state index contributed by atoms with van der Waals surface area (Å²) in [6, 6.07) is 24.2. The molecule has 1 saturated heterocycles. The Labute approximate surface area is 236 Å². The van der Waals surface area contributed by atoms with Crippen LogP contribution in [0, 0.1) is 0 Å². The van der Waals surface area contributed by atoms with Crippen molar-refractivity contribution < 1.29 is 13.9 Å². The van der Waals surface area contributed by atoms with Crippen LogP contribution in [0.25, 0.3) is 6.08 Å². The highest BCUT2D eigenvalue weighted by Crippen LogP contribution is 2.37. The SMILES string of the molecule is O=C1/C(=C/c2cc(Br)ccc2OCc2ccc(Cl)c(Cl)c2)SC(=Nc2ccccc2)N1Cc1ccco1. The maximum atomic E-state index is 13.5. The minimum absolute atomic E-state index is 0.161. The third-order valence-electron chi connectivity index (χ3n) is 5.40. The summed E-state index contributed by atoms with van der Waals surface area (Å²) in [6.07, 6.45) is 3.41. The predicted octanol–water partition coefficient (Wildman–Crippen LogP) is 8.73. The second kappa shape index (κ2) is 11.6. The number of ether oxygens (including phenoxy) is 1. The minimum atomic E-state index is -0.161. The Hall–Kier alpha value is -2.97. The first-order chi connectivity index (χ1) is 18.0. The molecule has 2 heterocycles. The van der Waals surface area contributed by atoms with Crippen LogP contribution >= 0.6 is 50.9 Å². The summed E-state index contributed by atoms with van der Waals surface area (Å²) in [7, 11) is 0. The molecule has 5 rings (SSSR count). The number of furan rings is 1. The van der Waals surface area contributed by atoms with Gasteiger partial charge in [-0.2, -0.15) is 0 Å². The molecule has 1 aliphatic rings. The van der Waals surface area contributed by atoms with Gasteiger partial charge in [0.2, 0.25) is 0 Å². The third kappa shape index (κ3) is 6.30. The summed E-state index contributed by atoms with van der Waals surface area (Å²) in [4.78, 5) is 20.4. The number of halogens is 3. The van der Waals surface area contributed by atoms with Gasteiger partial charge in [0.25, 0.3) is 5.91 Å². The van der Waals surface area contributed by atoms with Crippen molar-refractivity contribution in [1.82, 2.24) is 4.90 Å². The molecule has 3 aromatic carbocycles. The summed E-state index contributed by atoms with van der Waals surface area (Å²) in [5.41, 5.74) is 2.39. The molecule has 1 aliphatic heterocycles. The molecule has 1 amide bonds. The Bertz CT molecular complexity index is 1490. The Morgan fingerprint density at radius 3 is 2.59 bits per heavy atom. The van der Waals surface area contributed by atoms with Crippen molar-refractivity contribution in [2.24, 2.45) is 4.99 Å². The Morgan fingerprint density at radius 1 is 1.00 bits per heavy atom. The van der Waals surface area contributed by atoms with E-state index in [1.165, 1.54) is 11.8 Å². The quantitative estimate of drug-likeness (QED) is 0.196. The number of benzene rings is 3. The lowest BCUT2D eigenvalue weighted by molar-refractivity contribution is -0.122. The molecular formula is C28H19BrCl2N2O3S. The molecule has 4 aromatic rings.